The van der Waals surface area contributed by atoms with Crippen molar-refractivity contribution in [1.29, 1.82) is 0 Å². The smallest absolute Gasteiger partial charge is 0.243 e. The van der Waals surface area contributed by atoms with Crippen LogP contribution < -0.4 is 5.32 Å². The first-order valence-electron chi connectivity index (χ1n) is 6.20. The van der Waals surface area contributed by atoms with E-state index in [9.17, 15) is 4.79 Å². The molecule has 0 spiro atoms. The van der Waals surface area contributed by atoms with Crippen molar-refractivity contribution in [2.75, 3.05) is 13.1 Å². The van der Waals surface area contributed by atoms with E-state index in [-0.39, 0.29) is 12.5 Å². The van der Waals surface area contributed by atoms with Crippen LogP contribution in [0.15, 0.2) is 35.5 Å². The van der Waals surface area contributed by atoms with E-state index in [0.29, 0.717) is 12.5 Å². The Labute approximate surface area is 113 Å². The Morgan fingerprint density at radius 3 is 2.68 bits per heavy atom. The zero-order valence-corrected chi connectivity index (χ0v) is 11.2. The molecule has 0 aliphatic heterocycles. The lowest BCUT2D eigenvalue weighted by molar-refractivity contribution is -0.116. The first-order valence-corrected chi connectivity index (χ1v) is 6.20. The van der Waals surface area contributed by atoms with E-state index in [1.165, 1.54) is 11.6 Å². The topological polar surface area (TPSA) is 77.9 Å². The number of benzene rings is 1. The molecule has 0 radical (unpaired) electrons. The zero-order chi connectivity index (χ0) is 14.1. The summed E-state index contributed by atoms with van der Waals surface area (Å²) in [7, 11) is 0. The molecule has 19 heavy (non-hydrogen) atoms. The first kappa shape index (κ1) is 14.8. The van der Waals surface area contributed by atoms with Gasteiger partial charge in [-0.05, 0) is 28.7 Å². The fourth-order valence-electron chi connectivity index (χ4n) is 1.50. The number of azide groups is 1. The van der Waals surface area contributed by atoms with Crippen molar-refractivity contribution in [3.05, 3.63) is 51.9 Å². The molecule has 100 valence electrons. The summed E-state index contributed by atoms with van der Waals surface area (Å²) >= 11 is 0. The fraction of sp³-hybridized carbons (Fsp3) is 0.357. The van der Waals surface area contributed by atoms with E-state index in [0.717, 1.165) is 5.56 Å². The van der Waals surface area contributed by atoms with Gasteiger partial charge in [-0.15, -0.1) is 0 Å². The van der Waals surface area contributed by atoms with Crippen molar-refractivity contribution >= 4 is 12.0 Å². The molecule has 0 saturated carbocycles. The highest BCUT2D eigenvalue weighted by Crippen LogP contribution is 2.15. The molecule has 5 nitrogen and oxygen atoms in total. The largest absolute Gasteiger partial charge is 0.352 e. The molecular formula is C14H18N4O. The summed E-state index contributed by atoms with van der Waals surface area (Å²) in [5.74, 6) is 0.308. The maximum absolute atomic E-state index is 11.4. The molecule has 1 amide bonds. The number of hydrogen-bond acceptors (Lipinski definition) is 2. The van der Waals surface area contributed by atoms with Crippen LogP contribution in [0, 0.1) is 0 Å². The Balaban J connectivity index is 2.47. The highest BCUT2D eigenvalue weighted by atomic mass is 16.1. The van der Waals surface area contributed by atoms with Gasteiger partial charge in [0.25, 0.3) is 0 Å². The van der Waals surface area contributed by atoms with Crippen LogP contribution in [0.25, 0.3) is 16.5 Å². The minimum absolute atomic E-state index is 0.193. The van der Waals surface area contributed by atoms with Crippen molar-refractivity contribution in [3.63, 3.8) is 0 Å². The number of amides is 1. The van der Waals surface area contributed by atoms with Crippen molar-refractivity contribution < 1.29 is 4.79 Å². The van der Waals surface area contributed by atoms with Gasteiger partial charge in [-0.1, -0.05) is 43.2 Å². The predicted octanol–water partition coefficient (Wildman–Crippen LogP) is 3.25. The molecule has 0 atom stereocenters. The molecule has 1 aromatic rings. The second kappa shape index (κ2) is 7.95. The van der Waals surface area contributed by atoms with Crippen molar-refractivity contribution in [2.45, 2.75) is 19.8 Å². The molecule has 0 aliphatic rings. The lowest BCUT2D eigenvalue weighted by atomic mass is 10.0. The van der Waals surface area contributed by atoms with E-state index in [1.54, 1.807) is 6.08 Å². The van der Waals surface area contributed by atoms with Gasteiger partial charge in [-0.3, -0.25) is 4.79 Å². The van der Waals surface area contributed by atoms with Crippen LogP contribution in [0.4, 0.5) is 0 Å². The number of nitrogens with one attached hydrogen (secondary N) is 1. The minimum Gasteiger partial charge on any atom is -0.352 e. The Morgan fingerprint density at radius 1 is 1.42 bits per heavy atom. The summed E-state index contributed by atoms with van der Waals surface area (Å²) in [5, 5.41) is 5.96. The number of carbonyl (C=O) groups is 1. The van der Waals surface area contributed by atoms with Crippen LogP contribution in [0.3, 0.4) is 0 Å². The summed E-state index contributed by atoms with van der Waals surface area (Å²) in [4.78, 5) is 14.0. The molecule has 0 saturated heterocycles. The summed E-state index contributed by atoms with van der Waals surface area (Å²) in [5.41, 5.74) is 10.3. The molecule has 1 rings (SSSR count). The van der Waals surface area contributed by atoms with E-state index in [4.69, 9.17) is 5.53 Å². The van der Waals surface area contributed by atoms with Gasteiger partial charge in [0, 0.05) is 24.1 Å². The first-order chi connectivity index (χ1) is 9.13. The molecular weight excluding hydrogens is 240 g/mol. The molecule has 1 aromatic carbocycles. The molecule has 0 fully saturated rings. The number of rotatable bonds is 6. The fourth-order valence-corrected chi connectivity index (χ4v) is 1.50. The number of hydrogen-bond donors (Lipinski definition) is 1. The molecule has 0 heterocycles. The summed E-state index contributed by atoms with van der Waals surface area (Å²) < 4.78 is 0. The van der Waals surface area contributed by atoms with Crippen molar-refractivity contribution in [1.82, 2.24) is 5.32 Å². The lowest BCUT2D eigenvalue weighted by Crippen LogP contribution is -2.23. The van der Waals surface area contributed by atoms with Crippen LogP contribution in [0.5, 0.6) is 0 Å². The van der Waals surface area contributed by atoms with Gasteiger partial charge in [0.1, 0.15) is 0 Å². The monoisotopic (exact) mass is 258 g/mol. The summed E-state index contributed by atoms with van der Waals surface area (Å²) in [6, 6.07) is 8.09. The van der Waals surface area contributed by atoms with E-state index < -0.39 is 0 Å². The van der Waals surface area contributed by atoms with Crippen molar-refractivity contribution in [2.24, 2.45) is 5.11 Å². The average molecular weight is 258 g/mol. The SMILES string of the molecule is CC(C)c1ccc(/C=C/C(=O)NCCN=[N+]=[N-])cc1. The normalized spacial score (nSPS) is 10.5. The highest BCUT2D eigenvalue weighted by molar-refractivity contribution is 5.91. The van der Waals surface area contributed by atoms with Gasteiger partial charge >= 0.3 is 0 Å². The third-order valence-corrected chi connectivity index (χ3v) is 2.60. The Hall–Kier alpha value is -2.26. The summed E-state index contributed by atoms with van der Waals surface area (Å²) in [6.45, 7) is 4.89. The third kappa shape index (κ3) is 5.75. The Morgan fingerprint density at radius 2 is 2.11 bits per heavy atom. The Kier molecular flexibility index (Phi) is 6.19. The second-order valence-corrected chi connectivity index (χ2v) is 4.40. The van der Waals surface area contributed by atoms with Crippen LogP contribution in [0.2, 0.25) is 0 Å². The molecule has 0 bridgehead atoms. The minimum atomic E-state index is -0.193. The maximum Gasteiger partial charge on any atom is 0.243 e. The maximum atomic E-state index is 11.4. The standard InChI is InChI=1S/C14H18N4O/c1-11(2)13-6-3-12(4-7-13)5-8-14(19)16-9-10-17-18-15/h3-8,11H,9-10H2,1-2H3,(H,16,19)/b8-5+. The molecule has 0 unspecified atom stereocenters. The van der Waals surface area contributed by atoms with Gasteiger partial charge in [0.2, 0.25) is 5.91 Å². The molecule has 1 N–H and O–H groups in total. The van der Waals surface area contributed by atoms with E-state index in [2.05, 4.69) is 41.3 Å². The lowest BCUT2D eigenvalue weighted by Gasteiger charge is -2.04. The predicted molar refractivity (Wildman–Crippen MR) is 76.6 cm³/mol. The van der Waals surface area contributed by atoms with Gasteiger partial charge in [0.15, 0.2) is 0 Å². The zero-order valence-electron chi connectivity index (χ0n) is 11.2. The molecule has 5 heteroatoms. The van der Waals surface area contributed by atoms with Crippen LogP contribution in [0.1, 0.15) is 30.9 Å². The quantitative estimate of drug-likeness (QED) is 0.274. The van der Waals surface area contributed by atoms with Gasteiger partial charge in [-0.25, -0.2) is 0 Å². The van der Waals surface area contributed by atoms with Crippen LogP contribution in [-0.4, -0.2) is 19.0 Å². The van der Waals surface area contributed by atoms with Gasteiger partial charge in [0.05, 0.1) is 0 Å². The summed E-state index contributed by atoms with van der Waals surface area (Å²) in [6.07, 6.45) is 3.23. The van der Waals surface area contributed by atoms with E-state index in [1.807, 2.05) is 12.1 Å². The highest BCUT2D eigenvalue weighted by Gasteiger charge is 1.98. The average Bonchev–Trinajstić information content (AvgIpc) is 2.42. The Bertz CT molecular complexity index is 485. The van der Waals surface area contributed by atoms with Crippen LogP contribution >= 0.6 is 0 Å². The second-order valence-electron chi connectivity index (χ2n) is 4.40. The number of carbonyl (C=O) groups excluding carboxylic acids is 1. The van der Waals surface area contributed by atoms with E-state index >= 15 is 0 Å². The van der Waals surface area contributed by atoms with Gasteiger partial charge < -0.3 is 5.32 Å². The van der Waals surface area contributed by atoms with Crippen molar-refractivity contribution in [3.8, 4) is 0 Å². The third-order valence-electron chi connectivity index (χ3n) is 2.60. The van der Waals surface area contributed by atoms with Gasteiger partial charge in [-0.2, -0.15) is 0 Å². The number of nitrogens with zero attached hydrogens (tertiary/aromatic N) is 3. The van der Waals surface area contributed by atoms with Crippen LogP contribution in [-0.2, 0) is 4.79 Å². The molecule has 0 aromatic heterocycles. The molecule has 0 aliphatic carbocycles.